The highest BCUT2D eigenvalue weighted by Crippen LogP contribution is 2.35. The lowest BCUT2D eigenvalue weighted by Crippen LogP contribution is -2.07. The number of halogens is 1. The van der Waals surface area contributed by atoms with Crippen molar-refractivity contribution in [2.75, 3.05) is 13.2 Å². The Morgan fingerprint density at radius 1 is 1.08 bits per heavy atom. The Bertz CT molecular complexity index is 838. The highest BCUT2D eigenvalue weighted by Gasteiger charge is 2.19. The average molecular weight is 346 g/mol. The molecular weight excluding hydrogens is 326 g/mol. The first-order valence-electron chi connectivity index (χ1n) is 8.01. The summed E-state index contributed by atoms with van der Waals surface area (Å²) in [6.07, 6.45) is 3.06. The monoisotopic (exact) mass is 345 g/mol. The van der Waals surface area contributed by atoms with Gasteiger partial charge in [-0.25, -0.2) is 0 Å². The fraction of sp³-hybridized carbons (Fsp3) is 0.316. The number of aromatic nitrogens is 1. The summed E-state index contributed by atoms with van der Waals surface area (Å²) in [4.78, 5) is 4.34. The molecule has 2 heterocycles. The summed E-state index contributed by atoms with van der Waals surface area (Å²) >= 11 is 6.17. The molecular formula is C19H20ClNO3. The molecule has 0 saturated carbocycles. The molecule has 0 unspecified atom stereocenters. The number of hydrogen-bond acceptors (Lipinski definition) is 4. The predicted octanol–water partition coefficient (Wildman–Crippen LogP) is 5.53. The lowest BCUT2D eigenvalue weighted by atomic mass is 10.0. The zero-order valence-corrected chi connectivity index (χ0v) is 14.8. The second-order valence-electron chi connectivity index (χ2n) is 5.46. The quantitative estimate of drug-likeness (QED) is 0.551. The molecule has 0 radical (unpaired) electrons. The van der Waals surface area contributed by atoms with E-state index in [-0.39, 0.29) is 0 Å². The van der Waals surface area contributed by atoms with Crippen LogP contribution in [0.1, 0.15) is 31.5 Å². The first-order valence-corrected chi connectivity index (χ1v) is 8.39. The van der Waals surface area contributed by atoms with Crippen LogP contribution in [0, 0.1) is 6.92 Å². The predicted molar refractivity (Wildman–Crippen MR) is 95.2 cm³/mol. The van der Waals surface area contributed by atoms with Crippen LogP contribution in [-0.4, -0.2) is 18.2 Å². The summed E-state index contributed by atoms with van der Waals surface area (Å²) in [7, 11) is 0. The maximum atomic E-state index is 6.17. The molecule has 4 nitrogen and oxygen atoms in total. The SMILES string of the molecule is CCOC(OCC)c1cc2cncc(-c3cc(Cl)ccc3C)c2o1. The number of nitrogens with zero attached hydrogens (tertiary/aromatic N) is 1. The Labute approximate surface area is 146 Å². The van der Waals surface area contributed by atoms with Crippen LogP contribution in [0.15, 0.2) is 41.1 Å². The number of rotatable bonds is 6. The molecule has 0 aliphatic carbocycles. The van der Waals surface area contributed by atoms with E-state index in [1.165, 1.54) is 0 Å². The molecule has 126 valence electrons. The largest absolute Gasteiger partial charge is 0.455 e. The van der Waals surface area contributed by atoms with Crippen LogP contribution < -0.4 is 0 Å². The Hall–Kier alpha value is -1.88. The van der Waals surface area contributed by atoms with E-state index in [0.717, 1.165) is 27.7 Å². The van der Waals surface area contributed by atoms with Gasteiger partial charge in [0, 0.05) is 41.6 Å². The third kappa shape index (κ3) is 3.31. The van der Waals surface area contributed by atoms with E-state index in [0.29, 0.717) is 24.0 Å². The van der Waals surface area contributed by atoms with Gasteiger partial charge in [-0.15, -0.1) is 0 Å². The van der Waals surface area contributed by atoms with Crippen molar-refractivity contribution in [3.8, 4) is 11.1 Å². The molecule has 0 aliphatic heterocycles. The summed E-state index contributed by atoms with van der Waals surface area (Å²) in [5, 5.41) is 1.59. The first kappa shape index (κ1) is 17.0. The van der Waals surface area contributed by atoms with Gasteiger partial charge < -0.3 is 13.9 Å². The number of pyridine rings is 1. The van der Waals surface area contributed by atoms with E-state index in [2.05, 4.69) is 4.98 Å². The minimum atomic E-state index is -0.513. The fourth-order valence-corrected chi connectivity index (χ4v) is 2.86. The Morgan fingerprint density at radius 2 is 1.83 bits per heavy atom. The maximum Gasteiger partial charge on any atom is 0.217 e. The Balaban J connectivity index is 2.12. The average Bonchev–Trinajstić information content (AvgIpc) is 3.01. The van der Waals surface area contributed by atoms with E-state index in [4.69, 9.17) is 25.5 Å². The summed E-state index contributed by atoms with van der Waals surface area (Å²) < 4.78 is 17.3. The van der Waals surface area contributed by atoms with Crippen LogP contribution in [0.25, 0.3) is 22.1 Å². The molecule has 0 fully saturated rings. The summed E-state index contributed by atoms with van der Waals surface area (Å²) in [6, 6.07) is 7.71. The summed E-state index contributed by atoms with van der Waals surface area (Å²) in [6.45, 7) is 6.98. The second kappa shape index (κ2) is 7.34. The van der Waals surface area contributed by atoms with E-state index < -0.39 is 6.29 Å². The molecule has 0 bridgehead atoms. The summed E-state index contributed by atoms with van der Waals surface area (Å²) in [5.74, 6) is 0.641. The molecule has 0 atom stereocenters. The van der Waals surface area contributed by atoms with Crippen LogP contribution in [0.2, 0.25) is 5.02 Å². The van der Waals surface area contributed by atoms with E-state index in [9.17, 15) is 0 Å². The standard InChI is InChI=1S/C19H20ClNO3/c1-4-22-19(23-5-2)17-8-13-10-21-11-16(18(13)24-17)15-9-14(20)7-6-12(15)3/h6-11,19H,4-5H2,1-3H3. The molecule has 2 aromatic heterocycles. The molecule has 3 aromatic rings. The molecule has 3 rings (SSSR count). The number of benzene rings is 1. The van der Waals surface area contributed by atoms with Gasteiger partial charge in [0.2, 0.25) is 6.29 Å². The lowest BCUT2D eigenvalue weighted by Gasteiger charge is -2.13. The lowest BCUT2D eigenvalue weighted by molar-refractivity contribution is -0.150. The maximum absolute atomic E-state index is 6.17. The molecule has 0 amide bonds. The third-order valence-electron chi connectivity index (χ3n) is 3.80. The van der Waals surface area contributed by atoms with Gasteiger partial charge in [-0.2, -0.15) is 0 Å². The molecule has 0 N–H and O–H groups in total. The van der Waals surface area contributed by atoms with Crippen molar-refractivity contribution in [3.05, 3.63) is 53.0 Å². The van der Waals surface area contributed by atoms with Gasteiger partial charge in [0.05, 0.1) is 0 Å². The molecule has 0 aliphatic rings. The summed E-state index contributed by atoms with van der Waals surface area (Å²) in [5.41, 5.74) is 3.78. The minimum Gasteiger partial charge on any atom is -0.455 e. The van der Waals surface area contributed by atoms with Crippen LogP contribution in [0.3, 0.4) is 0 Å². The van der Waals surface area contributed by atoms with E-state index in [1.54, 1.807) is 12.4 Å². The smallest absolute Gasteiger partial charge is 0.217 e. The van der Waals surface area contributed by atoms with E-state index >= 15 is 0 Å². The molecule has 24 heavy (non-hydrogen) atoms. The fourth-order valence-electron chi connectivity index (χ4n) is 2.69. The van der Waals surface area contributed by atoms with Crippen molar-refractivity contribution in [1.29, 1.82) is 0 Å². The van der Waals surface area contributed by atoms with Gasteiger partial charge in [-0.3, -0.25) is 4.98 Å². The van der Waals surface area contributed by atoms with Crippen molar-refractivity contribution >= 4 is 22.6 Å². The van der Waals surface area contributed by atoms with Gasteiger partial charge >= 0.3 is 0 Å². The molecule has 0 saturated heterocycles. The third-order valence-corrected chi connectivity index (χ3v) is 4.04. The number of hydrogen-bond donors (Lipinski definition) is 0. The highest BCUT2D eigenvalue weighted by molar-refractivity contribution is 6.31. The zero-order chi connectivity index (χ0) is 17.1. The zero-order valence-electron chi connectivity index (χ0n) is 14.0. The van der Waals surface area contributed by atoms with Crippen molar-refractivity contribution < 1.29 is 13.9 Å². The topological polar surface area (TPSA) is 44.5 Å². The van der Waals surface area contributed by atoms with Crippen LogP contribution in [-0.2, 0) is 9.47 Å². The second-order valence-corrected chi connectivity index (χ2v) is 5.89. The Kier molecular flexibility index (Phi) is 5.19. The van der Waals surface area contributed by atoms with Gasteiger partial charge in [0.15, 0.2) is 5.76 Å². The highest BCUT2D eigenvalue weighted by atomic mass is 35.5. The number of furan rings is 1. The van der Waals surface area contributed by atoms with Crippen molar-refractivity contribution in [1.82, 2.24) is 4.98 Å². The molecule has 5 heteroatoms. The molecule has 0 spiro atoms. The van der Waals surface area contributed by atoms with Gasteiger partial charge in [0.25, 0.3) is 0 Å². The Morgan fingerprint density at radius 3 is 2.54 bits per heavy atom. The van der Waals surface area contributed by atoms with Crippen LogP contribution in [0.4, 0.5) is 0 Å². The number of aryl methyl sites for hydroxylation is 1. The molecule has 1 aromatic carbocycles. The van der Waals surface area contributed by atoms with E-state index in [1.807, 2.05) is 45.0 Å². The van der Waals surface area contributed by atoms with Crippen molar-refractivity contribution in [3.63, 3.8) is 0 Å². The number of fused-ring (bicyclic) bond motifs is 1. The number of ether oxygens (including phenoxy) is 2. The van der Waals surface area contributed by atoms with Gasteiger partial charge in [-0.1, -0.05) is 17.7 Å². The van der Waals surface area contributed by atoms with Crippen LogP contribution in [0.5, 0.6) is 0 Å². The van der Waals surface area contributed by atoms with Gasteiger partial charge in [0.1, 0.15) is 5.58 Å². The van der Waals surface area contributed by atoms with Crippen LogP contribution >= 0.6 is 11.6 Å². The van der Waals surface area contributed by atoms with Crippen molar-refractivity contribution in [2.24, 2.45) is 0 Å². The van der Waals surface area contributed by atoms with Crippen molar-refractivity contribution in [2.45, 2.75) is 27.1 Å². The van der Waals surface area contributed by atoms with Gasteiger partial charge in [-0.05, 0) is 50.1 Å². The first-order chi connectivity index (χ1) is 11.6. The normalized spacial score (nSPS) is 11.5. The minimum absolute atomic E-state index is 0.513.